The van der Waals surface area contributed by atoms with E-state index in [1.54, 1.807) is 24.3 Å². The lowest BCUT2D eigenvalue weighted by Crippen LogP contribution is -2.24. The summed E-state index contributed by atoms with van der Waals surface area (Å²) >= 11 is 0. The first-order valence-corrected chi connectivity index (χ1v) is 11.2. The molecule has 0 unspecified atom stereocenters. The van der Waals surface area contributed by atoms with Crippen LogP contribution in [0.5, 0.6) is 5.75 Å². The Morgan fingerprint density at radius 1 is 0.714 bits per heavy atom. The maximum absolute atomic E-state index is 12.6. The molecule has 0 fully saturated rings. The van der Waals surface area contributed by atoms with Crippen LogP contribution in [-0.2, 0) is 20.9 Å². The van der Waals surface area contributed by atoms with Crippen LogP contribution in [0, 0.1) is 5.41 Å². The van der Waals surface area contributed by atoms with Crippen molar-refractivity contribution in [3.05, 3.63) is 59.7 Å². The van der Waals surface area contributed by atoms with E-state index in [0.717, 1.165) is 12.0 Å². The summed E-state index contributed by atoms with van der Waals surface area (Å²) in [5.74, 6) is 0.329. The third-order valence-electron chi connectivity index (χ3n) is 4.82. The van der Waals surface area contributed by atoms with E-state index in [-0.39, 0.29) is 21.1 Å². The SMILES string of the molecule is CC(C)(C)CC(C)(C)c1ccc(OS(=O)(=O)c2ccc(C(C)(C)C)cc2)cc1. The lowest BCUT2D eigenvalue weighted by Gasteiger charge is -2.33. The van der Waals surface area contributed by atoms with Crippen LogP contribution in [0.3, 0.4) is 0 Å². The molecule has 2 rings (SSSR count). The standard InChI is InChI=1S/C24H34O3S/c1-22(2,3)17-24(7,8)19-9-13-20(14-10-19)27-28(25,26)21-15-11-18(12-16-21)23(4,5)6/h9-16H,17H2,1-8H3. The van der Waals surface area contributed by atoms with Crippen molar-refractivity contribution < 1.29 is 12.6 Å². The lowest BCUT2D eigenvalue weighted by atomic mass is 9.72. The molecule has 0 aliphatic carbocycles. The molecule has 0 amide bonds. The minimum absolute atomic E-state index is 0.00155. The van der Waals surface area contributed by atoms with Gasteiger partial charge in [0.25, 0.3) is 0 Å². The maximum atomic E-state index is 12.6. The minimum atomic E-state index is -3.85. The minimum Gasteiger partial charge on any atom is -0.379 e. The highest BCUT2D eigenvalue weighted by atomic mass is 32.2. The predicted molar refractivity (Wildman–Crippen MR) is 116 cm³/mol. The predicted octanol–water partition coefficient (Wildman–Crippen LogP) is 6.47. The van der Waals surface area contributed by atoms with E-state index in [1.807, 2.05) is 24.3 Å². The van der Waals surface area contributed by atoms with Gasteiger partial charge in [-0.2, -0.15) is 8.42 Å². The highest BCUT2D eigenvalue weighted by molar-refractivity contribution is 7.87. The van der Waals surface area contributed by atoms with Gasteiger partial charge in [0.15, 0.2) is 0 Å². The first kappa shape index (κ1) is 22.5. The summed E-state index contributed by atoms with van der Waals surface area (Å²) in [5.41, 5.74) is 2.43. The number of benzene rings is 2. The van der Waals surface area contributed by atoms with Gasteiger partial charge in [0.2, 0.25) is 0 Å². The molecule has 0 bridgehead atoms. The molecule has 2 aromatic carbocycles. The Bertz CT molecular complexity index is 892. The van der Waals surface area contributed by atoms with Gasteiger partial charge < -0.3 is 4.18 Å². The van der Waals surface area contributed by atoms with Crippen molar-refractivity contribution in [3.8, 4) is 5.75 Å². The molecule has 0 aliphatic heterocycles. The monoisotopic (exact) mass is 402 g/mol. The summed E-state index contributed by atoms with van der Waals surface area (Å²) in [7, 11) is -3.85. The van der Waals surface area contributed by atoms with Crippen molar-refractivity contribution in [1.29, 1.82) is 0 Å². The lowest BCUT2D eigenvalue weighted by molar-refractivity contribution is 0.284. The molecule has 0 aliphatic rings. The summed E-state index contributed by atoms with van der Waals surface area (Å²) in [4.78, 5) is 0.164. The van der Waals surface area contributed by atoms with Gasteiger partial charge in [0.1, 0.15) is 10.6 Å². The molecule has 0 saturated heterocycles. The van der Waals surface area contributed by atoms with Gasteiger partial charge in [-0.3, -0.25) is 0 Å². The third-order valence-corrected chi connectivity index (χ3v) is 6.08. The Balaban J connectivity index is 2.19. The number of rotatable bonds is 5. The second-order valence-corrected chi connectivity index (χ2v) is 12.0. The first-order chi connectivity index (χ1) is 12.6. The normalized spacial score (nSPS) is 13.4. The van der Waals surface area contributed by atoms with Crippen LogP contribution < -0.4 is 4.18 Å². The fourth-order valence-corrected chi connectivity index (χ4v) is 4.62. The highest BCUT2D eigenvalue weighted by Gasteiger charge is 2.27. The van der Waals surface area contributed by atoms with E-state index in [4.69, 9.17) is 4.18 Å². The average molecular weight is 403 g/mol. The van der Waals surface area contributed by atoms with Gasteiger partial charge >= 0.3 is 10.1 Å². The smallest absolute Gasteiger partial charge is 0.339 e. The molecule has 0 saturated carbocycles. The molecule has 4 heteroatoms. The molecule has 28 heavy (non-hydrogen) atoms. The largest absolute Gasteiger partial charge is 0.379 e. The van der Waals surface area contributed by atoms with E-state index >= 15 is 0 Å². The summed E-state index contributed by atoms with van der Waals surface area (Å²) in [6.07, 6.45) is 1.03. The molecule has 3 nitrogen and oxygen atoms in total. The van der Waals surface area contributed by atoms with Gasteiger partial charge in [-0.25, -0.2) is 0 Å². The number of hydrogen-bond acceptors (Lipinski definition) is 3. The first-order valence-electron chi connectivity index (χ1n) is 9.76. The van der Waals surface area contributed by atoms with Crippen LogP contribution in [0.1, 0.15) is 72.9 Å². The molecule has 0 radical (unpaired) electrons. The van der Waals surface area contributed by atoms with Gasteiger partial charge in [0.05, 0.1) is 0 Å². The molecule has 0 N–H and O–H groups in total. The Hall–Kier alpha value is -1.81. The van der Waals surface area contributed by atoms with Crippen LogP contribution in [0.15, 0.2) is 53.4 Å². The summed E-state index contributed by atoms with van der Waals surface area (Å²) in [5, 5.41) is 0. The molecule has 2 aromatic rings. The van der Waals surface area contributed by atoms with Crippen molar-refractivity contribution >= 4 is 10.1 Å². The fourth-order valence-electron chi connectivity index (χ4n) is 3.69. The molecule has 154 valence electrons. The summed E-state index contributed by atoms with van der Waals surface area (Å²) in [6.45, 7) is 17.4. The van der Waals surface area contributed by atoms with Crippen molar-refractivity contribution in [2.24, 2.45) is 5.41 Å². The Morgan fingerprint density at radius 2 is 1.18 bits per heavy atom. The third kappa shape index (κ3) is 5.84. The summed E-state index contributed by atoms with van der Waals surface area (Å²) < 4.78 is 30.6. The van der Waals surface area contributed by atoms with E-state index < -0.39 is 10.1 Å². The second-order valence-electron chi connectivity index (χ2n) is 10.5. The van der Waals surface area contributed by atoms with Crippen LogP contribution >= 0.6 is 0 Å². The van der Waals surface area contributed by atoms with Gasteiger partial charge in [-0.1, -0.05) is 79.7 Å². The highest BCUT2D eigenvalue weighted by Crippen LogP contribution is 2.37. The molecular formula is C24H34O3S. The van der Waals surface area contributed by atoms with Crippen molar-refractivity contribution in [3.63, 3.8) is 0 Å². The van der Waals surface area contributed by atoms with E-state index in [1.165, 1.54) is 5.56 Å². The molecule has 0 spiro atoms. The van der Waals surface area contributed by atoms with Gasteiger partial charge in [-0.15, -0.1) is 0 Å². The Labute approximate surface area is 171 Å². The quantitative estimate of drug-likeness (QED) is 0.539. The molecule has 0 heterocycles. The molecular weight excluding hydrogens is 368 g/mol. The zero-order valence-electron chi connectivity index (χ0n) is 18.5. The van der Waals surface area contributed by atoms with Crippen LogP contribution in [0.25, 0.3) is 0 Å². The fraction of sp³-hybridized carbons (Fsp3) is 0.500. The second kappa shape index (κ2) is 7.55. The van der Waals surface area contributed by atoms with Crippen molar-refractivity contribution in [1.82, 2.24) is 0 Å². The van der Waals surface area contributed by atoms with E-state index in [9.17, 15) is 8.42 Å². The molecule has 0 aromatic heterocycles. The zero-order chi connectivity index (χ0) is 21.4. The van der Waals surface area contributed by atoms with Crippen LogP contribution in [0.2, 0.25) is 0 Å². The molecule has 0 atom stereocenters. The Kier molecular flexibility index (Phi) is 6.06. The van der Waals surface area contributed by atoms with Crippen LogP contribution in [-0.4, -0.2) is 8.42 Å². The number of hydrogen-bond donors (Lipinski definition) is 0. The van der Waals surface area contributed by atoms with Crippen LogP contribution in [0.4, 0.5) is 0 Å². The van der Waals surface area contributed by atoms with E-state index in [0.29, 0.717) is 5.75 Å². The van der Waals surface area contributed by atoms with E-state index in [2.05, 4.69) is 55.4 Å². The summed E-state index contributed by atoms with van der Waals surface area (Å²) in [6, 6.07) is 14.3. The van der Waals surface area contributed by atoms with Crippen molar-refractivity contribution in [2.45, 2.75) is 77.5 Å². The topological polar surface area (TPSA) is 43.4 Å². The van der Waals surface area contributed by atoms with Gasteiger partial charge in [-0.05, 0) is 58.1 Å². The average Bonchev–Trinajstić information content (AvgIpc) is 2.52. The zero-order valence-corrected chi connectivity index (χ0v) is 19.3. The Morgan fingerprint density at radius 3 is 1.61 bits per heavy atom. The van der Waals surface area contributed by atoms with Gasteiger partial charge in [0, 0.05) is 0 Å². The maximum Gasteiger partial charge on any atom is 0.339 e. The van der Waals surface area contributed by atoms with Crippen molar-refractivity contribution in [2.75, 3.05) is 0 Å².